The highest BCUT2D eigenvalue weighted by atomic mass is 16.1. The predicted molar refractivity (Wildman–Crippen MR) is 74.8 cm³/mol. The number of hydrogen-bond acceptors (Lipinski definition) is 4. The van der Waals surface area contributed by atoms with Gasteiger partial charge in [-0.1, -0.05) is 0 Å². The Labute approximate surface area is 111 Å². The molecule has 0 spiro atoms. The number of amides is 1. The highest BCUT2D eigenvalue weighted by Crippen LogP contribution is 2.20. The number of carbonyl (C=O) groups is 1. The Morgan fingerprint density at radius 3 is 2.95 bits per heavy atom. The molecular weight excluding hydrogens is 242 g/mol. The molecule has 1 heterocycles. The summed E-state index contributed by atoms with van der Waals surface area (Å²) < 4.78 is 0. The van der Waals surface area contributed by atoms with Crippen LogP contribution in [-0.4, -0.2) is 22.6 Å². The third-order valence-electron chi connectivity index (χ3n) is 2.68. The van der Waals surface area contributed by atoms with Gasteiger partial charge in [0.25, 0.3) is 5.91 Å². The maximum Gasteiger partial charge on any atom is 0.251 e. The SMILES string of the molecule is CCNC(=O)c1ccc(N)c(NCc2ccn[nH]2)c1. The first-order valence-corrected chi connectivity index (χ1v) is 6.10. The van der Waals surface area contributed by atoms with Crippen molar-refractivity contribution < 1.29 is 4.79 Å². The number of rotatable bonds is 5. The van der Waals surface area contributed by atoms with E-state index in [1.165, 1.54) is 0 Å². The Morgan fingerprint density at radius 1 is 1.42 bits per heavy atom. The van der Waals surface area contributed by atoms with Crippen LogP contribution in [0.15, 0.2) is 30.5 Å². The van der Waals surface area contributed by atoms with Crippen LogP contribution >= 0.6 is 0 Å². The minimum absolute atomic E-state index is 0.105. The summed E-state index contributed by atoms with van der Waals surface area (Å²) in [5, 5.41) is 12.6. The van der Waals surface area contributed by atoms with Crippen LogP contribution < -0.4 is 16.4 Å². The molecule has 0 radical (unpaired) electrons. The summed E-state index contributed by atoms with van der Waals surface area (Å²) in [4.78, 5) is 11.7. The first-order valence-electron chi connectivity index (χ1n) is 6.10. The highest BCUT2D eigenvalue weighted by Gasteiger charge is 2.07. The van der Waals surface area contributed by atoms with Gasteiger partial charge in [-0.3, -0.25) is 9.89 Å². The van der Waals surface area contributed by atoms with Crippen LogP contribution in [0.5, 0.6) is 0 Å². The van der Waals surface area contributed by atoms with Crippen molar-refractivity contribution in [2.45, 2.75) is 13.5 Å². The van der Waals surface area contributed by atoms with E-state index in [1.807, 2.05) is 13.0 Å². The van der Waals surface area contributed by atoms with Crippen LogP contribution in [0.1, 0.15) is 23.0 Å². The molecule has 0 unspecified atom stereocenters. The number of anilines is 2. The van der Waals surface area contributed by atoms with Gasteiger partial charge in [0.15, 0.2) is 0 Å². The molecule has 100 valence electrons. The highest BCUT2D eigenvalue weighted by molar-refractivity contribution is 5.96. The van der Waals surface area contributed by atoms with Gasteiger partial charge in [0.1, 0.15) is 0 Å². The summed E-state index contributed by atoms with van der Waals surface area (Å²) in [6, 6.07) is 7.05. The van der Waals surface area contributed by atoms with Gasteiger partial charge in [-0.05, 0) is 31.2 Å². The van der Waals surface area contributed by atoms with Crippen molar-refractivity contribution in [3.05, 3.63) is 41.7 Å². The summed E-state index contributed by atoms with van der Waals surface area (Å²) >= 11 is 0. The lowest BCUT2D eigenvalue weighted by Gasteiger charge is -2.10. The molecule has 0 aliphatic heterocycles. The van der Waals surface area contributed by atoms with E-state index in [9.17, 15) is 4.79 Å². The van der Waals surface area contributed by atoms with E-state index in [2.05, 4.69) is 20.8 Å². The quantitative estimate of drug-likeness (QED) is 0.609. The molecule has 0 bridgehead atoms. The van der Waals surface area contributed by atoms with Crippen LogP contribution in [0.25, 0.3) is 0 Å². The number of nitrogen functional groups attached to an aromatic ring is 1. The molecule has 0 aliphatic rings. The molecule has 0 fully saturated rings. The third kappa shape index (κ3) is 3.25. The van der Waals surface area contributed by atoms with Gasteiger partial charge in [0.2, 0.25) is 0 Å². The van der Waals surface area contributed by atoms with E-state index >= 15 is 0 Å². The molecule has 2 aromatic rings. The monoisotopic (exact) mass is 259 g/mol. The number of benzene rings is 1. The van der Waals surface area contributed by atoms with Crippen LogP contribution in [0.3, 0.4) is 0 Å². The normalized spacial score (nSPS) is 10.2. The minimum atomic E-state index is -0.105. The van der Waals surface area contributed by atoms with E-state index in [-0.39, 0.29) is 5.91 Å². The third-order valence-corrected chi connectivity index (χ3v) is 2.68. The van der Waals surface area contributed by atoms with Crippen LogP contribution in [0, 0.1) is 0 Å². The van der Waals surface area contributed by atoms with Crippen molar-refractivity contribution in [2.75, 3.05) is 17.6 Å². The molecule has 6 heteroatoms. The Hall–Kier alpha value is -2.50. The molecular formula is C13H17N5O. The average Bonchev–Trinajstić information content (AvgIpc) is 2.91. The number of aromatic nitrogens is 2. The Balaban J connectivity index is 2.10. The second-order valence-electron chi connectivity index (χ2n) is 4.10. The molecule has 2 rings (SSSR count). The van der Waals surface area contributed by atoms with E-state index in [0.717, 1.165) is 11.4 Å². The van der Waals surface area contributed by atoms with Gasteiger partial charge >= 0.3 is 0 Å². The Bertz CT molecular complexity index is 550. The topological polar surface area (TPSA) is 95.8 Å². The molecule has 1 amide bonds. The maximum atomic E-state index is 11.7. The lowest BCUT2D eigenvalue weighted by atomic mass is 10.1. The van der Waals surface area contributed by atoms with Crippen LogP contribution in [0.2, 0.25) is 0 Å². The van der Waals surface area contributed by atoms with Gasteiger partial charge in [-0.25, -0.2) is 0 Å². The number of nitrogens with two attached hydrogens (primary N) is 1. The Morgan fingerprint density at radius 2 is 2.26 bits per heavy atom. The molecule has 19 heavy (non-hydrogen) atoms. The first kappa shape index (κ1) is 12.9. The van der Waals surface area contributed by atoms with E-state index in [0.29, 0.717) is 24.3 Å². The molecule has 5 N–H and O–H groups in total. The zero-order valence-corrected chi connectivity index (χ0v) is 10.7. The standard InChI is InChI=1S/C13H17N5O/c1-2-15-13(19)9-3-4-11(14)12(7-9)16-8-10-5-6-17-18-10/h3-7,16H,2,8,14H2,1H3,(H,15,19)(H,17,18). The summed E-state index contributed by atoms with van der Waals surface area (Å²) in [5.74, 6) is -0.105. The molecule has 6 nitrogen and oxygen atoms in total. The van der Waals surface area contributed by atoms with Crippen molar-refractivity contribution in [1.29, 1.82) is 0 Å². The largest absolute Gasteiger partial charge is 0.397 e. The predicted octanol–water partition coefficient (Wildman–Crippen LogP) is 1.35. The second-order valence-corrected chi connectivity index (χ2v) is 4.10. The zero-order valence-electron chi connectivity index (χ0n) is 10.7. The average molecular weight is 259 g/mol. The summed E-state index contributed by atoms with van der Waals surface area (Å²) in [6.07, 6.45) is 1.69. The van der Waals surface area contributed by atoms with E-state index in [1.54, 1.807) is 24.4 Å². The molecule has 0 saturated carbocycles. The van der Waals surface area contributed by atoms with E-state index < -0.39 is 0 Å². The fraction of sp³-hybridized carbons (Fsp3) is 0.231. The van der Waals surface area contributed by atoms with Crippen molar-refractivity contribution in [2.24, 2.45) is 0 Å². The first-order chi connectivity index (χ1) is 9.20. The van der Waals surface area contributed by atoms with Crippen molar-refractivity contribution >= 4 is 17.3 Å². The van der Waals surface area contributed by atoms with Crippen molar-refractivity contribution in [1.82, 2.24) is 15.5 Å². The van der Waals surface area contributed by atoms with Crippen molar-refractivity contribution in [3.8, 4) is 0 Å². The lowest BCUT2D eigenvalue weighted by molar-refractivity contribution is 0.0956. The number of carbonyl (C=O) groups excluding carboxylic acids is 1. The fourth-order valence-corrected chi connectivity index (χ4v) is 1.69. The van der Waals surface area contributed by atoms with Crippen LogP contribution in [0.4, 0.5) is 11.4 Å². The van der Waals surface area contributed by atoms with Gasteiger partial charge < -0.3 is 16.4 Å². The number of H-pyrrole nitrogens is 1. The molecule has 1 aromatic carbocycles. The molecule has 0 atom stereocenters. The number of aromatic amines is 1. The fourth-order valence-electron chi connectivity index (χ4n) is 1.69. The second kappa shape index (κ2) is 5.90. The lowest BCUT2D eigenvalue weighted by Crippen LogP contribution is -2.22. The van der Waals surface area contributed by atoms with E-state index in [4.69, 9.17) is 5.73 Å². The van der Waals surface area contributed by atoms with Gasteiger partial charge in [0.05, 0.1) is 23.6 Å². The van der Waals surface area contributed by atoms with Crippen molar-refractivity contribution in [3.63, 3.8) is 0 Å². The summed E-state index contributed by atoms with van der Waals surface area (Å²) in [7, 11) is 0. The van der Waals surface area contributed by atoms with Crippen LogP contribution in [-0.2, 0) is 6.54 Å². The summed E-state index contributed by atoms with van der Waals surface area (Å²) in [5.41, 5.74) is 8.76. The van der Waals surface area contributed by atoms with Gasteiger partial charge in [-0.15, -0.1) is 0 Å². The number of hydrogen-bond donors (Lipinski definition) is 4. The minimum Gasteiger partial charge on any atom is -0.397 e. The molecule has 0 saturated heterocycles. The summed E-state index contributed by atoms with van der Waals surface area (Å²) in [6.45, 7) is 3.05. The molecule has 0 aliphatic carbocycles. The van der Waals surface area contributed by atoms with Gasteiger partial charge in [0, 0.05) is 18.3 Å². The molecule has 1 aromatic heterocycles. The number of nitrogens with one attached hydrogen (secondary N) is 3. The number of nitrogens with zero attached hydrogens (tertiary/aromatic N) is 1. The maximum absolute atomic E-state index is 11.7. The smallest absolute Gasteiger partial charge is 0.251 e. The zero-order chi connectivity index (χ0) is 13.7. The Kier molecular flexibility index (Phi) is 4.02. The van der Waals surface area contributed by atoms with Gasteiger partial charge in [-0.2, -0.15) is 5.10 Å².